The Balaban J connectivity index is 2.43. The average molecular weight is 207 g/mol. The average Bonchev–Trinajstić information content (AvgIpc) is 2.18. The van der Waals surface area contributed by atoms with Crippen LogP contribution >= 0.6 is 0 Å². The van der Waals surface area contributed by atoms with Crippen molar-refractivity contribution in [2.24, 2.45) is 5.92 Å². The lowest BCUT2D eigenvalue weighted by molar-refractivity contribution is 0.548. The van der Waals surface area contributed by atoms with Gasteiger partial charge in [0.2, 0.25) is 0 Å². The van der Waals surface area contributed by atoms with Crippen LogP contribution in [0.15, 0.2) is 18.3 Å². The van der Waals surface area contributed by atoms with Crippen molar-refractivity contribution in [2.45, 2.75) is 27.3 Å². The summed E-state index contributed by atoms with van der Waals surface area (Å²) >= 11 is 0. The maximum absolute atomic E-state index is 4.32. The molecule has 84 valence electrons. The Morgan fingerprint density at radius 1 is 1.40 bits per heavy atom. The summed E-state index contributed by atoms with van der Waals surface area (Å²) in [5.41, 5.74) is 2.24. The van der Waals surface area contributed by atoms with E-state index in [1.807, 2.05) is 12.3 Å². The molecule has 0 spiro atoms. The molecule has 0 radical (unpaired) electrons. The first-order chi connectivity index (χ1) is 7.22. The first kappa shape index (κ1) is 12.0. The summed E-state index contributed by atoms with van der Waals surface area (Å²) in [4.78, 5) is 4.32. The molecule has 2 N–H and O–H groups in total. The Morgan fingerprint density at radius 3 is 2.87 bits per heavy atom. The highest BCUT2D eigenvalue weighted by atomic mass is 14.9. The van der Waals surface area contributed by atoms with Crippen LogP contribution in [-0.4, -0.2) is 18.1 Å². The molecule has 0 aromatic carbocycles. The summed E-state index contributed by atoms with van der Waals surface area (Å²) in [5, 5.41) is 6.66. The zero-order chi connectivity index (χ0) is 11.1. The molecule has 1 rings (SSSR count). The quantitative estimate of drug-likeness (QED) is 0.751. The maximum Gasteiger partial charge on any atom is 0.0562 e. The number of anilines is 1. The molecule has 1 aromatic heterocycles. The molecule has 3 nitrogen and oxygen atoms in total. The van der Waals surface area contributed by atoms with Crippen molar-refractivity contribution in [1.29, 1.82) is 0 Å². The standard InChI is InChI=1S/C12H21N3/c1-4-14-11-5-6-15-12(7-11)9-13-8-10(2)3/h5-7,10,13H,4,8-9H2,1-3H3,(H,14,15). The van der Waals surface area contributed by atoms with Crippen LogP contribution in [0.4, 0.5) is 5.69 Å². The van der Waals surface area contributed by atoms with Gasteiger partial charge in [0.1, 0.15) is 0 Å². The van der Waals surface area contributed by atoms with Crippen molar-refractivity contribution < 1.29 is 0 Å². The van der Waals surface area contributed by atoms with E-state index in [1.54, 1.807) is 0 Å². The predicted octanol–water partition coefficient (Wildman–Crippen LogP) is 2.26. The Hall–Kier alpha value is -1.09. The number of hydrogen-bond donors (Lipinski definition) is 2. The second kappa shape index (κ2) is 6.40. The lowest BCUT2D eigenvalue weighted by Gasteiger charge is -2.08. The van der Waals surface area contributed by atoms with E-state index < -0.39 is 0 Å². The first-order valence-electron chi connectivity index (χ1n) is 5.62. The van der Waals surface area contributed by atoms with Gasteiger partial charge in [0.15, 0.2) is 0 Å². The summed E-state index contributed by atoms with van der Waals surface area (Å²) < 4.78 is 0. The smallest absolute Gasteiger partial charge is 0.0562 e. The molecule has 0 bridgehead atoms. The molecule has 0 atom stereocenters. The second-order valence-electron chi connectivity index (χ2n) is 4.09. The fraction of sp³-hybridized carbons (Fsp3) is 0.583. The minimum absolute atomic E-state index is 0.682. The summed E-state index contributed by atoms with van der Waals surface area (Å²) in [6.07, 6.45) is 1.85. The zero-order valence-electron chi connectivity index (χ0n) is 9.88. The van der Waals surface area contributed by atoms with Crippen LogP contribution in [0.3, 0.4) is 0 Å². The van der Waals surface area contributed by atoms with E-state index in [1.165, 1.54) is 0 Å². The third-order valence-electron chi connectivity index (χ3n) is 2.06. The van der Waals surface area contributed by atoms with Crippen molar-refractivity contribution >= 4 is 5.69 Å². The molecule has 0 aliphatic heterocycles. The monoisotopic (exact) mass is 207 g/mol. The van der Waals surface area contributed by atoms with E-state index in [0.29, 0.717) is 5.92 Å². The molecule has 0 aliphatic rings. The topological polar surface area (TPSA) is 37.0 Å². The fourth-order valence-corrected chi connectivity index (χ4v) is 1.38. The summed E-state index contributed by atoms with van der Waals surface area (Å²) in [6, 6.07) is 4.09. The fourth-order valence-electron chi connectivity index (χ4n) is 1.38. The van der Waals surface area contributed by atoms with Crippen molar-refractivity contribution in [3.8, 4) is 0 Å². The maximum atomic E-state index is 4.32. The number of pyridine rings is 1. The van der Waals surface area contributed by atoms with Crippen molar-refractivity contribution in [3.05, 3.63) is 24.0 Å². The molecular weight excluding hydrogens is 186 g/mol. The molecule has 1 heterocycles. The highest BCUT2D eigenvalue weighted by Crippen LogP contribution is 2.07. The van der Waals surface area contributed by atoms with Gasteiger partial charge in [-0.2, -0.15) is 0 Å². The van der Waals surface area contributed by atoms with Crippen molar-refractivity contribution in [2.75, 3.05) is 18.4 Å². The van der Waals surface area contributed by atoms with Gasteiger partial charge in [-0.3, -0.25) is 4.98 Å². The molecular formula is C12H21N3. The van der Waals surface area contributed by atoms with Gasteiger partial charge in [0.25, 0.3) is 0 Å². The van der Waals surface area contributed by atoms with Gasteiger partial charge in [-0.05, 0) is 31.5 Å². The predicted molar refractivity (Wildman–Crippen MR) is 64.9 cm³/mol. The van der Waals surface area contributed by atoms with Gasteiger partial charge >= 0.3 is 0 Å². The highest BCUT2D eigenvalue weighted by molar-refractivity contribution is 5.42. The van der Waals surface area contributed by atoms with E-state index in [4.69, 9.17) is 0 Å². The van der Waals surface area contributed by atoms with E-state index >= 15 is 0 Å². The van der Waals surface area contributed by atoms with Gasteiger partial charge in [-0.1, -0.05) is 13.8 Å². The molecule has 0 saturated heterocycles. The van der Waals surface area contributed by atoms with Gasteiger partial charge in [0, 0.05) is 25.0 Å². The van der Waals surface area contributed by atoms with E-state index in [-0.39, 0.29) is 0 Å². The van der Waals surface area contributed by atoms with Crippen LogP contribution in [0.1, 0.15) is 26.5 Å². The summed E-state index contributed by atoms with van der Waals surface area (Å²) in [5.74, 6) is 0.682. The number of nitrogens with zero attached hydrogens (tertiary/aromatic N) is 1. The molecule has 0 saturated carbocycles. The summed E-state index contributed by atoms with van der Waals surface area (Å²) in [6.45, 7) is 9.33. The normalized spacial score (nSPS) is 10.7. The number of nitrogens with one attached hydrogen (secondary N) is 2. The van der Waals surface area contributed by atoms with E-state index in [9.17, 15) is 0 Å². The Morgan fingerprint density at radius 2 is 2.20 bits per heavy atom. The lowest BCUT2D eigenvalue weighted by Crippen LogP contribution is -2.19. The summed E-state index contributed by atoms with van der Waals surface area (Å²) in [7, 11) is 0. The zero-order valence-corrected chi connectivity index (χ0v) is 9.88. The molecule has 0 amide bonds. The molecule has 0 unspecified atom stereocenters. The first-order valence-corrected chi connectivity index (χ1v) is 5.62. The molecule has 1 aromatic rings. The SMILES string of the molecule is CCNc1ccnc(CNCC(C)C)c1. The van der Waals surface area contributed by atoms with Crippen molar-refractivity contribution in [1.82, 2.24) is 10.3 Å². The third-order valence-corrected chi connectivity index (χ3v) is 2.06. The van der Waals surface area contributed by atoms with Crippen LogP contribution in [0.5, 0.6) is 0 Å². The van der Waals surface area contributed by atoms with Crippen LogP contribution < -0.4 is 10.6 Å². The minimum atomic E-state index is 0.682. The van der Waals surface area contributed by atoms with E-state index in [2.05, 4.69) is 42.5 Å². The Kier molecular flexibility index (Phi) is 5.12. The van der Waals surface area contributed by atoms with Gasteiger partial charge < -0.3 is 10.6 Å². The second-order valence-corrected chi connectivity index (χ2v) is 4.09. The molecule has 3 heteroatoms. The highest BCUT2D eigenvalue weighted by Gasteiger charge is 1.97. The molecule has 15 heavy (non-hydrogen) atoms. The molecule has 0 aliphatic carbocycles. The number of aromatic nitrogens is 1. The third kappa shape index (κ3) is 4.79. The minimum Gasteiger partial charge on any atom is -0.385 e. The van der Waals surface area contributed by atoms with Gasteiger partial charge in [-0.25, -0.2) is 0 Å². The van der Waals surface area contributed by atoms with Crippen LogP contribution in [-0.2, 0) is 6.54 Å². The lowest BCUT2D eigenvalue weighted by atomic mass is 10.2. The molecule has 0 fully saturated rings. The van der Waals surface area contributed by atoms with Crippen molar-refractivity contribution in [3.63, 3.8) is 0 Å². The number of hydrogen-bond acceptors (Lipinski definition) is 3. The van der Waals surface area contributed by atoms with Gasteiger partial charge in [-0.15, -0.1) is 0 Å². The van der Waals surface area contributed by atoms with Crippen LogP contribution in [0.25, 0.3) is 0 Å². The number of rotatable bonds is 6. The Bertz CT molecular complexity index is 284. The largest absolute Gasteiger partial charge is 0.385 e. The van der Waals surface area contributed by atoms with Crippen LogP contribution in [0.2, 0.25) is 0 Å². The van der Waals surface area contributed by atoms with Crippen LogP contribution in [0, 0.1) is 5.92 Å². The Labute approximate surface area is 92.3 Å². The van der Waals surface area contributed by atoms with Gasteiger partial charge in [0.05, 0.1) is 5.69 Å². The van der Waals surface area contributed by atoms with E-state index in [0.717, 1.165) is 31.0 Å².